The van der Waals surface area contributed by atoms with Crippen molar-refractivity contribution in [3.63, 3.8) is 0 Å². The van der Waals surface area contributed by atoms with Crippen LogP contribution in [0.2, 0.25) is 0 Å². The maximum atomic E-state index is 12.9. The molecule has 6 heteroatoms. The van der Waals surface area contributed by atoms with Gasteiger partial charge in [0.2, 0.25) is 0 Å². The molecule has 0 aliphatic rings. The predicted molar refractivity (Wildman–Crippen MR) is 335 cm³/mol. The van der Waals surface area contributed by atoms with E-state index in [1.54, 1.807) is 0 Å². The van der Waals surface area contributed by atoms with Gasteiger partial charge < -0.3 is 14.2 Å². The first-order chi connectivity index (χ1) is 38.0. The van der Waals surface area contributed by atoms with E-state index in [0.717, 1.165) is 96.3 Å². The van der Waals surface area contributed by atoms with Crippen molar-refractivity contribution in [1.29, 1.82) is 0 Å². The third-order valence-electron chi connectivity index (χ3n) is 15.0. The van der Waals surface area contributed by atoms with Crippen LogP contribution in [-0.4, -0.2) is 37.2 Å². The summed E-state index contributed by atoms with van der Waals surface area (Å²) in [6.07, 6.45) is 84.2. The lowest BCUT2D eigenvalue weighted by Gasteiger charge is -2.18. The van der Waals surface area contributed by atoms with Gasteiger partial charge in [0.15, 0.2) is 6.10 Å². The zero-order valence-electron chi connectivity index (χ0n) is 51.5. The molecule has 0 rings (SSSR count). The zero-order chi connectivity index (χ0) is 55.7. The van der Waals surface area contributed by atoms with Crippen molar-refractivity contribution in [3.05, 3.63) is 60.8 Å². The Bertz CT molecular complexity index is 1380. The fourth-order valence-corrected chi connectivity index (χ4v) is 10.0. The first kappa shape index (κ1) is 74.1. The lowest BCUT2D eigenvalue weighted by atomic mass is 10.0. The van der Waals surface area contributed by atoms with E-state index in [0.29, 0.717) is 19.3 Å². The van der Waals surface area contributed by atoms with Crippen LogP contribution in [0.25, 0.3) is 0 Å². The van der Waals surface area contributed by atoms with Crippen LogP contribution >= 0.6 is 0 Å². The van der Waals surface area contributed by atoms with Gasteiger partial charge in [-0.25, -0.2) is 0 Å². The smallest absolute Gasteiger partial charge is 0.306 e. The fourth-order valence-electron chi connectivity index (χ4n) is 10.0. The zero-order valence-corrected chi connectivity index (χ0v) is 51.5. The summed E-state index contributed by atoms with van der Waals surface area (Å²) in [5, 5.41) is 0. The van der Waals surface area contributed by atoms with E-state index in [4.69, 9.17) is 14.2 Å². The summed E-state index contributed by atoms with van der Waals surface area (Å²) in [4.78, 5) is 38.1. The molecule has 0 fully saturated rings. The van der Waals surface area contributed by atoms with Gasteiger partial charge in [-0.1, -0.05) is 332 Å². The fraction of sp³-hybridized carbons (Fsp3) is 0.817. The van der Waals surface area contributed by atoms with E-state index in [1.807, 2.05) is 0 Å². The van der Waals surface area contributed by atoms with Gasteiger partial charge in [-0.15, -0.1) is 0 Å². The highest BCUT2D eigenvalue weighted by Crippen LogP contribution is 2.18. The van der Waals surface area contributed by atoms with E-state index in [1.165, 1.54) is 218 Å². The van der Waals surface area contributed by atoms with E-state index < -0.39 is 6.10 Å². The van der Waals surface area contributed by atoms with E-state index >= 15 is 0 Å². The second-order valence-electron chi connectivity index (χ2n) is 22.7. The molecule has 0 saturated carbocycles. The average Bonchev–Trinajstić information content (AvgIpc) is 3.43. The van der Waals surface area contributed by atoms with Crippen molar-refractivity contribution in [2.45, 2.75) is 361 Å². The van der Waals surface area contributed by atoms with Crippen LogP contribution in [0.5, 0.6) is 0 Å². The molecule has 6 nitrogen and oxygen atoms in total. The monoisotopic (exact) mass is 1080 g/mol. The topological polar surface area (TPSA) is 78.9 Å². The van der Waals surface area contributed by atoms with Gasteiger partial charge in [-0.2, -0.15) is 0 Å². The summed E-state index contributed by atoms with van der Waals surface area (Å²) in [5.74, 6) is -0.866. The number of ether oxygens (including phenoxy) is 3. The number of esters is 3. The third-order valence-corrected chi connectivity index (χ3v) is 15.0. The molecule has 1 atom stereocenters. The normalized spacial score (nSPS) is 12.4. The average molecular weight is 1080 g/mol. The van der Waals surface area contributed by atoms with Gasteiger partial charge in [0.25, 0.3) is 0 Å². The van der Waals surface area contributed by atoms with Gasteiger partial charge in [0.1, 0.15) is 13.2 Å². The van der Waals surface area contributed by atoms with Crippen LogP contribution in [0.15, 0.2) is 60.8 Å². The number of unbranched alkanes of at least 4 members (excludes halogenated alkanes) is 41. The minimum atomic E-state index is -0.774. The maximum absolute atomic E-state index is 12.9. The summed E-state index contributed by atoms with van der Waals surface area (Å²) >= 11 is 0. The Kier molecular flexibility index (Phi) is 63.2. The van der Waals surface area contributed by atoms with Gasteiger partial charge in [-0.3, -0.25) is 14.4 Å². The Morgan fingerprint density at radius 2 is 0.506 bits per heavy atom. The molecule has 0 radical (unpaired) electrons. The van der Waals surface area contributed by atoms with Crippen molar-refractivity contribution in [1.82, 2.24) is 0 Å². The quantitative estimate of drug-likeness (QED) is 0.0261. The van der Waals surface area contributed by atoms with Crippen molar-refractivity contribution >= 4 is 17.9 Å². The number of carbonyl (C=O) groups excluding carboxylic acids is 3. The van der Waals surface area contributed by atoms with Gasteiger partial charge in [0.05, 0.1) is 0 Å². The summed E-state index contributed by atoms with van der Waals surface area (Å²) < 4.78 is 16.9. The summed E-state index contributed by atoms with van der Waals surface area (Å²) in [7, 11) is 0. The highest BCUT2D eigenvalue weighted by Gasteiger charge is 2.19. The largest absolute Gasteiger partial charge is 0.462 e. The molecule has 77 heavy (non-hydrogen) atoms. The Hall–Kier alpha value is -2.89. The van der Waals surface area contributed by atoms with Crippen LogP contribution in [0.1, 0.15) is 355 Å². The maximum Gasteiger partial charge on any atom is 0.306 e. The minimum absolute atomic E-state index is 0.0723. The van der Waals surface area contributed by atoms with Crippen molar-refractivity contribution in [3.8, 4) is 0 Å². The second-order valence-corrected chi connectivity index (χ2v) is 22.7. The second kappa shape index (κ2) is 65.6. The van der Waals surface area contributed by atoms with Crippen LogP contribution in [0.4, 0.5) is 0 Å². The van der Waals surface area contributed by atoms with Gasteiger partial charge in [-0.05, 0) is 64.2 Å². The molecular formula is C71H128O6. The molecule has 0 heterocycles. The summed E-state index contributed by atoms with van der Waals surface area (Å²) in [6, 6.07) is 0. The standard InChI is InChI=1S/C71H128O6/c1-4-7-10-13-16-18-20-22-24-26-28-30-32-34-35-37-38-40-42-44-46-48-50-52-55-58-61-64-70(73)76-67-68(66-75-69(72)63-60-57-54-15-12-9-6-3)77-71(74)65-62-59-56-53-51-49-47-45-43-41-39-36-33-31-29-27-25-23-21-19-17-14-11-8-5-2/h8,11,17,19,23,25,29,31,36,39,68H,4-7,9-10,12-16,18,20-22,24,26-28,30,32-35,37-38,40-67H2,1-3H3/b11-8-,19-17-,25-23-,31-29-,39-36-. The first-order valence-corrected chi connectivity index (χ1v) is 33.8. The molecule has 0 bridgehead atoms. The SMILES string of the molecule is CC/C=C\C/C=C\C/C=C\C/C=C\C/C=C\CCCCCCCCCCCC(=O)OC(COC(=O)CCCCCCCCC)COC(=O)CCCCCCCCCCCCCCCCCCCCCCCCCCCCC. The third kappa shape index (κ3) is 63.8. The molecule has 0 spiro atoms. The molecule has 0 aliphatic heterocycles. The number of rotatable bonds is 62. The van der Waals surface area contributed by atoms with E-state index in [-0.39, 0.29) is 31.1 Å². The van der Waals surface area contributed by atoms with Crippen LogP contribution in [0.3, 0.4) is 0 Å². The molecule has 1 unspecified atom stereocenters. The van der Waals surface area contributed by atoms with Crippen LogP contribution in [-0.2, 0) is 28.6 Å². The molecule has 0 N–H and O–H groups in total. The molecule has 448 valence electrons. The number of allylic oxidation sites excluding steroid dienone is 10. The summed E-state index contributed by atoms with van der Waals surface area (Å²) in [6.45, 7) is 6.53. The Morgan fingerprint density at radius 1 is 0.273 bits per heavy atom. The van der Waals surface area contributed by atoms with E-state index in [9.17, 15) is 14.4 Å². The minimum Gasteiger partial charge on any atom is -0.462 e. The lowest BCUT2D eigenvalue weighted by molar-refractivity contribution is -0.167. The number of hydrogen-bond donors (Lipinski definition) is 0. The molecule has 0 saturated heterocycles. The molecule has 0 aromatic carbocycles. The van der Waals surface area contributed by atoms with Crippen LogP contribution < -0.4 is 0 Å². The first-order valence-electron chi connectivity index (χ1n) is 33.8. The molecule has 0 aromatic heterocycles. The van der Waals surface area contributed by atoms with Crippen molar-refractivity contribution < 1.29 is 28.6 Å². The molecule has 0 amide bonds. The Balaban J connectivity index is 4.08. The van der Waals surface area contributed by atoms with Gasteiger partial charge in [0, 0.05) is 19.3 Å². The van der Waals surface area contributed by atoms with E-state index in [2.05, 4.69) is 81.5 Å². The van der Waals surface area contributed by atoms with Crippen molar-refractivity contribution in [2.75, 3.05) is 13.2 Å². The van der Waals surface area contributed by atoms with Crippen molar-refractivity contribution in [2.24, 2.45) is 0 Å². The molecule has 0 aromatic rings. The van der Waals surface area contributed by atoms with Gasteiger partial charge >= 0.3 is 17.9 Å². The number of hydrogen-bond acceptors (Lipinski definition) is 6. The highest BCUT2D eigenvalue weighted by molar-refractivity contribution is 5.71. The lowest BCUT2D eigenvalue weighted by Crippen LogP contribution is -2.30. The number of carbonyl (C=O) groups is 3. The Morgan fingerprint density at radius 3 is 0.792 bits per heavy atom. The molecule has 0 aliphatic carbocycles. The Labute approximate surface area is 479 Å². The summed E-state index contributed by atoms with van der Waals surface area (Å²) in [5.41, 5.74) is 0. The van der Waals surface area contributed by atoms with Crippen LogP contribution in [0, 0.1) is 0 Å². The highest BCUT2D eigenvalue weighted by atomic mass is 16.6. The predicted octanol–water partition coefficient (Wildman–Crippen LogP) is 23.1. The molecular weight excluding hydrogens is 949 g/mol.